The van der Waals surface area contributed by atoms with Crippen molar-refractivity contribution >= 4 is 5.91 Å². The van der Waals surface area contributed by atoms with Gasteiger partial charge in [-0.25, -0.2) is 0 Å². The van der Waals surface area contributed by atoms with Crippen LogP contribution in [0.4, 0.5) is 0 Å². The van der Waals surface area contributed by atoms with E-state index in [9.17, 15) is 4.79 Å². The first-order valence-corrected chi connectivity index (χ1v) is 4.82. The second-order valence-electron chi connectivity index (χ2n) is 2.85. The SMILES string of the molecule is C=CC1=C(C(=C)C#N)CN(C)C1=O.CC. The van der Waals surface area contributed by atoms with Crippen LogP contribution in [0.3, 0.4) is 0 Å². The van der Waals surface area contributed by atoms with Crippen LogP contribution in [0.15, 0.2) is 36.0 Å². The Labute approximate surface area is 91.0 Å². The number of nitriles is 1. The van der Waals surface area contributed by atoms with Crippen LogP contribution in [0.1, 0.15) is 13.8 Å². The first-order chi connectivity index (χ1) is 7.11. The average molecular weight is 204 g/mol. The quantitative estimate of drug-likeness (QED) is 0.646. The number of hydrogen-bond acceptors (Lipinski definition) is 2. The van der Waals surface area contributed by atoms with Gasteiger partial charge in [-0.05, 0) is 0 Å². The number of nitrogens with zero attached hydrogens (tertiary/aromatic N) is 2. The summed E-state index contributed by atoms with van der Waals surface area (Å²) in [7, 11) is 1.68. The van der Waals surface area contributed by atoms with Gasteiger partial charge in [-0.15, -0.1) is 0 Å². The largest absolute Gasteiger partial charge is 0.337 e. The molecule has 0 N–H and O–H groups in total. The zero-order valence-electron chi connectivity index (χ0n) is 9.50. The number of hydrogen-bond donors (Lipinski definition) is 0. The van der Waals surface area contributed by atoms with Crippen LogP contribution in [0.2, 0.25) is 0 Å². The Morgan fingerprint density at radius 3 is 2.53 bits per heavy atom. The van der Waals surface area contributed by atoms with Gasteiger partial charge in [0.25, 0.3) is 5.91 Å². The van der Waals surface area contributed by atoms with Gasteiger partial charge in [-0.1, -0.05) is 33.1 Å². The van der Waals surface area contributed by atoms with Gasteiger partial charge in [0.05, 0.1) is 11.6 Å². The number of carbonyl (C=O) groups excluding carboxylic acids is 1. The lowest BCUT2D eigenvalue weighted by atomic mass is 10.1. The summed E-state index contributed by atoms with van der Waals surface area (Å²) in [6.07, 6.45) is 1.48. The van der Waals surface area contributed by atoms with Crippen molar-refractivity contribution < 1.29 is 4.79 Å². The van der Waals surface area contributed by atoms with Crippen molar-refractivity contribution in [1.82, 2.24) is 4.90 Å². The van der Waals surface area contributed by atoms with E-state index in [1.807, 2.05) is 19.9 Å². The van der Waals surface area contributed by atoms with Crippen LogP contribution in [-0.2, 0) is 4.79 Å². The molecule has 1 rings (SSSR count). The third kappa shape index (κ3) is 2.57. The van der Waals surface area contributed by atoms with E-state index >= 15 is 0 Å². The van der Waals surface area contributed by atoms with E-state index in [0.717, 1.165) is 0 Å². The first-order valence-electron chi connectivity index (χ1n) is 4.82. The second kappa shape index (κ2) is 5.82. The molecule has 0 saturated carbocycles. The van der Waals surface area contributed by atoms with Crippen molar-refractivity contribution in [3.63, 3.8) is 0 Å². The number of amides is 1. The Hall–Kier alpha value is -1.82. The highest BCUT2D eigenvalue weighted by Crippen LogP contribution is 2.23. The Bertz CT molecular complexity index is 358. The molecule has 0 fully saturated rings. The highest BCUT2D eigenvalue weighted by atomic mass is 16.2. The van der Waals surface area contributed by atoms with E-state index in [2.05, 4.69) is 13.2 Å². The van der Waals surface area contributed by atoms with Crippen LogP contribution < -0.4 is 0 Å². The molecular formula is C12H16N2O. The summed E-state index contributed by atoms with van der Waals surface area (Å²) in [6, 6.07) is 1.93. The zero-order valence-corrected chi connectivity index (χ0v) is 9.50. The van der Waals surface area contributed by atoms with Crippen LogP contribution in [-0.4, -0.2) is 24.4 Å². The number of rotatable bonds is 2. The summed E-state index contributed by atoms with van der Waals surface area (Å²) in [4.78, 5) is 12.9. The van der Waals surface area contributed by atoms with Crippen LogP contribution in [0, 0.1) is 11.3 Å². The lowest BCUT2D eigenvalue weighted by Gasteiger charge is -2.06. The van der Waals surface area contributed by atoms with Gasteiger partial charge in [-0.3, -0.25) is 4.79 Å². The van der Waals surface area contributed by atoms with Gasteiger partial charge in [-0.2, -0.15) is 5.26 Å². The Morgan fingerprint density at radius 1 is 1.60 bits per heavy atom. The van der Waals surface area contributed by atoms with E-state index in [0.29, 0.717) is 23.3 Å². The van der Waals surface area contributed by atoms with Crippen LogP contribution in [0.5, 0.6) is 0 Å². The number of carbonyl (C=O) groups is 1. The highest BCUT2D eigenvalue weighted by molar-refractivity contribution is 6.00. The average Bonchev–Trinajstić information content (AvgIpc) is 2.57. The van der Waals surface area contributed by atoms with Crippen LogP contribution >= 0.6 is 0 Å². The van der Waals surface area contributed by atoms with Crippen molar-refractivity contribution in [3.05, 3.63) is 36.0 Å². The van der Waals surface area contributed by atoms with Crippen molar-refractivity contribution in [2.24, 2.45) is 0 Å². The lowest BCUT2D eigenvalue weighted by molar-refractivity contribution is -0.124. The van der Waals surface area contributed by atoms with E-state index in [1.165, 1.54) is 11.0 Å². The fraction of sp³-hybridized carbons (Fsp3) is 0.333. The molecule has 1 aliphatic heterocycles. The smallest absolute Gasteiger partial charge is 0.254 e. The van der Waals surface area contributed by atoms with Gasteiger partial charge in [0.1, 0.15) is 0 Å². The standard InChI is InChI=1S/C10H10N2O.C2H6/c1-4-8-9(7(2)5-11)6-12(3)10(8)13;1-2/h4H,1-2,6H2,3H3;1-2H3. The molecule has 1 amide bonds. The predicted molar refractivity (Wildman–Crippen MR) is 61.0 cm³/mol. The van der Waals surface area contributed by atoms with Crippen molar-refractivity contribution in [2.45, 2.75) is 13.8 Å². The molecule has 0 bridgehead atoms. The molecule has 0 aromatic carbocycles. The molecule has 15 heavy (non-hydrogen) atoms. The molecule has 3 heteroatoms. The van der Waals surface area contributed by atoms with Gasteiger partial charge >= 0.3 is 0 Å². The third-order valence-corrected chi connectivity index (χ3v) is 2.00. The molecule has 1 heterocycles. The first kappa shape index (κ1) is 13.2. The second-order valence-corrected chi connectivity index (χ2v) is 2.85. The lowest BCUT2D eigenvalue weighted by Crippen LogP contribution is -2.21. The Kier molecular flexibility index (Phi) is 5.11. The fourth-order valence-electron chi connectivity index (χ4n) is 1.26. The Balaban J connectivity index is 0.000000921. The van der Waals surface area contributed by atoms with Crippen molar-refractivity contribution in [1.29, 1.82) is 5.26 Å². The monoisotopic (exact) mass is 204 g/mol. The molecule has 3 nitrogen and oxygen atoms in total. The fourth-order valence-corrected chi connectivity index (χ4v) is 1.26. The maximum Gasteiger partial charge on any atom is 0.254 e. The maximum absolute atomic E-state index is 11.4. The topological polar surface area (TPSA) is 44.1 Å². The molecule has 0 aromatic rings. The van der Waals surface area contributed by atoms with Gasteiger partial charge < -0.3 is 4.90 Å². The van der Waals surface area contributed by atoms with E-state index in [-0.39, 0.29) is 5.91 Å². The molecule has 0 spiro atoms. The Morgan fingerprint density at radius 2 is 2.13 bits per heavy atom. The van der Waals surface area contributed by atoms with E-state index in [1.54, 1.807) is 7.05 Å². The minimum absolute atomic E-state index is 0.0959. The minimum atomic E-state index is -0.0959. The summed E-state index contributed by atoms with van der Waals surface area (Å²) >= 11 is 0. The molecule has 0 aromatic heterocycles. The highest BCUT2D eigenvalue weighted by Gasteiger charge is 2.26. The maximum atomic E-state index is 11.4. The van der Waals surface area contributed by atoms with Gasteiger partial charge in [0, 0.05) is 24.7 Å². The summed E-state index contributed by atoms with van der Waals surface area (Å²) in [6.45, 7) is 11.6. The molecule has 80 valence electrons. The summed E-state index contributed by atoms with van der Waals surface area (Å²) in [5.74, 6) is -0.0959. The van der Waals surface area contributed by atoms with Crippen molar-refractivity contribution in [3.8, 4) is 6.07 Å². The number of likely N-dealkylation sites (N-methyl/N-ethyl adjacent to an activating group) is 1. The van der Waals surface area contributed by atoms with Gasteiger partial charge in [0.15, 0.2) is 0 Å². The van der Waals surface area contributed by atoms with Crippen molar-refractivity contribution in [2.75, 3.05) is 13.6 Å². The van der Waals surface area contributed by atoms with E-state index < -0.39 is 0 Å². The normalized spacial score (nSPS) is 14.3. The van der Waals surface area contributed by atoms with Crippen LogP contribution in [0.25, 0.3) is 0 Å². The predicted octanol–water partition coefficient (Wildman–Crippen LogP) is 2.05. The molecular weight excluding hydrogens is 188 g/mol. The van der Waals surface area contributed by atoms with Gasteiger partial charge in [0.2, 0.25) is 0 Å². The summed E-state index contributed by atoms with van der Waals surface area (Å²) < 4.78 is 0. The molecule has 0 saturated heterocycles. The summed E-state index contributed by atoms with van der Waals surface area (Å²) in [5, 5.41) is 8.63. The molecule has 0 radical (unpaired) electrons. The third-order valence-electron chi connectivity index (χ3n) is 2.00. The summed E-state index contributed by atoms with van der Waals surface area (Å²) in [5.41, 5.74) is 1.52. The molecule has 0 unspecified atom stereocenters. The zero-order chi connectivity index (χ0) is 12.0. The molecule has 1 aliphatic rings. The minimum Gasteiger partial charge on any atom is -0.337 e. The molecule has 0 atom stereocenters. The van der Waals surface area contributed by atoms with E-state index in [4.69, 9.17) is 5.26 Å². The molecule has 0 aliphatic carbocycles.